The molecule has 0 fully saturated rings. The molecule has 0 saturated carbocycles. The van der Waals surface area contributed by atoms with Gasteiger partial charge in [0.05, 0.1) is 0 Å². The van der Waals surface area contributed by atoms with Gasteiger partial charge in [0.15, 0.2) is 0 Å². The highest BCUT2D eigenvalue weighted by molar-refractivity contribution is 7.98. The van der Waals surface area contributed by atoms with E-state index in [1.807, 2.05) is 18.2 Å². The van der Waals surface area contributed by atoms with Crippen LogP contribution in [0.15, 0.2) is 77.7 Å². The van der Waals surface area contributed by atoms with Gasteiger partial charge in [0.2, 0.25) is 0 Å². The summed E-state index contributed by atoms with van der Waals surface area (Å²) in [6.45, 7) is 10.1. The van der Waals surface area contributed by atoms with E-state index in [1.165, 1.54) is 16.0 Å². The van der Waals surface area contributed by atoms with Crippen LogP contribution in [0.1, 0.15) is 43.4 Å². The summed E-state index contributed by atoms with van der Waals surface area (Å²) in [6.07, 6.45) is 0. The highest BCUT2D eigenvalue weighted by Gasteiger charge is 2.23. The van der Waals surface area contributed by atoms with Crippen molar-refractivity contribution in [3.63, 3.8) is 0 Å². The summed E-state index contributed by atoms with van der Waals surface area (Å²) in [5, 5.41) is 1.40. The maximum Gasteiger partial charge on any atom is 0.0461 e. The molecule has 164 valence electrons. The Labute approximate surface area is 201 Å². The molecule has 0 N–H and O–H groups in total. The highest BCUT2D eigenvalue weighted by Crippen LogP contribution is 2.35. The van der Waals surface area contributed by atoms with Gasteiger partial charge in [0.25, 0.3) is 0 Å². The van der Waals surface area contributed by atoms with Crippen molar-refractivity contribution < 1.29 is 0 Å². The molecule has 0 saturated heterocycles. The maximum absolute atomic E-state index is 6.33. The zero-order valence-corrected chi connectivity index (χ0v) is 20.9. The summed E-state index contributed by atoms with van der Waals surface area (Å²) in [7, 11) is 0. The highest BCUT2D eigenvalue weighted by atomic mass is 35.5. The van der Waals surface area contributed by atoms with Crippen molar-refractivity contribution in [2.24, 2.45) is 5.92 Å². The molecule has 3 aromatic rings. The minimum absolute atomic E-state index is 0.381. The number of halogens is 2. The third-order valence-electron chi connectivity index (χ3n) is 5.82. The molecule has 0 aliphatic heterocycles. The second-order valence-electron chi connectivity index (χ2n) is 7.94. The lowest BCUT2D eigenvalue weighted by Crippen LogP contribution is -2.31. The first-order valence-corrected chi connectivity index (χ1v) is 12.7. The van der Waals surface area contributed by atoms with Crippen molar-refractivity contribution in [3.05, 3.63) is 99.5 Å². The van der Waals surface area contributed by atoms with Gasteiger partial charge in [0.1, 0.15) is 0 Å². The number of benzene rings is 3. The van der Waals surface area contributed by atoms with Crippen molar-refractivity contribution in [2.75, 3.05) is 19.6 Å². The van der Waals surface area contributed by atoms with Crippen LogP contribution in [0.5, 0.6) is 0 Å². The van der Waals surface area contributed by atoms with Crippen LogP contribution in [0.2, 0.25) is 10.0 Å². The van der Waals surface area contributed by atoms with E-state index in [-0.39, 0.29) is 0 Å². The topological polar surface area (TPSA) is 3.24 Å². The average molecular weight is 473 g/mol. The monoisotopic (exact) mass is 471 g/mol. The molecule has 0 aliphatic carbocycles. The zero-order valence-electron chi connectivity index (χ0n) is 18.5. The van der Waals surface area contributed by atoms with Crippen molar-refractivity contribution in [3.8, 4) is 0 Å². The molecule has 31 heavy (non-hydrogen) atoms. The fourth-order valence-electron chi connectivity index (χ4n) is 4.08. The first-order chi connectivity index (χ1) is 15.0. The van der Waals surface area contributed by atoms with Crippen LogP contribution in [-0.2, 0) is 5.75 Å². The van der Waals surface area contributed by atoms with Crippen LogP contribution in [-0.4, -0.2) is 24.5 Å². The van der Waals surface area contributed by atoms with Crippen molar-refractivity contribution >= 4 is 35.0 Å². The van der Waals surface area contributed by atoms with Gasteiger partial charge in [-0.25, -0.2) is 0 Å². The van der Waals surface area contributed by atoms with E-state index < -0.39 is 0 Å². The molecule has 1 nitrogen and oxygen atoms in total. The Morgan fingerprint density at radius 3 is 2.10 bits per heavy atom. The molecule has 3 rings (SSSR count). The molecule has 0 radical (unpaired) electrons. The summed E-state index contributed by atoms with van der Waals surface area (Å²) in [5.41, 5.74) is 3.87. The van der Waals surface area contributed by atoms with Gasteiger partial charge in [-0.05, 0) is 60.0 Å². The lowest BCUT2D eigenvalue weighted by atomic mass is 9.81. The van der Waals surface area contributed by atoms with E-state index in [4.69, 9.17) is 23.2 Å². The van der Waals surface area contributed by atoms with Crippen LogP contribution in [0.4, 0.5) is 0 Å². The summed E-state index contributed by atoms with van der Waals surface area (Å²) >= 11 is 14.1. The Morgan fingerprint density at radius 2 is 1.48 bits per heavy atom. The van der Waals surface area contributed by atoms with Gasteiger partial charge in [0, 0.05) is 33.2 Å². The van der Waals surface area contributed by atoms with Crippen LogP contribution < -0.4 is 0 Å². The molecule has 0 aromatic heterocycles. The lowest BCUT2D eigenvalue weighted by molar-refractivity contribution is 0.250. The minimum atomic E-state index is 0.381. The Bertz CT molecular complexity index is 939. The van der Waals surface area contributed by atoms with Crippen LogP contribution >= 0.6 is 35.0 Å². The zero-order chi connectivity index (χ0) is 22.2. The Hall–Kier alpha value is -1.45. The third kappa shape index (κ3) is 6.76. The summed E-state index contributed by atoms with van der Waals surface area (Å²) in [6, 6.07) is 25.7. The summed E-state index contributed by atoms with van der Waals surface area (Å²) < 4.78 is 0. The van der Waals surface area contributed by atoms with Crippen molar-refractivity contribution in [1.82, 2.24) is 4.90 Å². The largest absolute Gasteiger partial charge is 0.304 e. The van der Waals surface area contributed by atoms with Crippen molar-refractivity contribution in [1.29, 1.82) is 0 Å². The average Bonchev–Trinajstić information content (AvgIpc) is 2.78. The van der Waals surface area contributed by atoms with Gasteiger partial charge in [-0.15, -0.1) is 11.8 Å². The van der Waals surface area contributed by atoms with E-state index in [1.54, 1.807) is 11.8 Å². The number of hydrogen-bond donors (Lipinski definition) is 0. The summed E-state index contributed by atoms with van der Waals surface area (Å²) in [5.74, 6) is 1.73. The van der Waals surface area contributed by atoms with Crippen LogP contribution in [0.3, 0.4) is 0 Å². The Kier molecular flexibility index (Phi) is 9.34. The second kappa shape index (κ2) is 12.0. The molecule has 0 amide bonds. The van der Waals surface area contributed by atoms with E-state index >= 15 is 0 Å². The minimum Gasteiger partial charge on any atom is -0.304 e. The Morgan fingerprint density at radius 1 is 0.839 bits per heavy atom. The SMILES string of the molecule is CCN(CC)CC(C)C(c1ccccc1)c1ccc(SCc2ccc(Cl)cc2Cl)cc1. The van der Waals surface area contributed by atoms with Gasteiger partial charge in [-0.2, -0.15) is 0 Å². The molecular formula is C27H31Cl2NS. The van der Waals surface area contributed by atoms with E-state index in [0.717, 1.165) is 36.0 Å². The van der Waals surface area contributed by atoms with E-state index in [2.05, 4.69) is 80.3 Å². The standard InChI is InChI=1S/C27H31Cl2NS/c1-4-30(5-2)18-20(3)27(21-9-7-6-8-10-21)22-12-15-25(16-13-22)31-19-23-11-14-24(28)17-26(23)29/h6-17,20,27H,4-5,18-19H2,1-3H3. The smallest absolute Gasteiger partial charge is 0.0461 e. The third-order valence-corrected chi connectivity index (χ3v) is 7.46. The number of nitrogens with zero attached hydrogens (tertiary/aromatic N) is 1. The quantitative estimate of drug-likeness (QED) is 0.273. The molecule has 3 aromatic carbocycles. The molecule has 0 heterocycles. The summed E-state index contributed by atoms with van der Waals surface area (Å²) in [4.78, 5) is 3.76. The fourth-order valence-corrected chi connectivity index (χ4v) is 5.53. The molecule has 0 spiro atoms. The Balaban J connectivity index is 1.76. The normalized spacial score (nSPS) is 13.4. The maximum atomic E-state index is 6.33. The van der Waals surface area contributed by atoms with Gasteiger partial charge < -0.3 is 4.90 Å². The number of hydrogen-bond acceptors (Lipinski definition) is 2. The van der Waals surface area contributed by atoms with Gasteiger partial charge in [-0.3, -0.25) is 0 Å². The number of thioether (sulfide) groups is 1. The fraction of sp³-hybridized carbons (Fsp3) is 0.333. The van der Waals surface area contributed by atoms with Crippen LogP contribution in [0, 0.1) is 5.92 Å². The molecule has 0 aliphatic rings. The lowest BCUT2D eigenvalue weighted by Gasteiger charge is -2.30. The molecule has 2 unspecified atom stereocenters. The molecule has 0 bridgehead atoms. The number of rotatable bonds is 10. The van der Waals surface area contributed by atoms with Crippen LogP contribution in [0.25, 0.3) is 0 Å². The van der Waals surface area contributed by atoms with Gasteiger partial charge in [-0.1, -0.05) is 92.5 Å². The predicted octanol–water partition coefficient (Wildman–Crippen LogP) is 8.40. The van der Waals surface area contributed by atoms with Crippen molar-refractivity contribution in [2.45, 2.75) is 37.3 Å². The molecular weight excluding hydrogens is 441 g/mol. The first kappa shape index (κ1) is 24.2. The first-order valence-electron chi connectivity index (χ1n) is 11.0. The van der Waals surface area contributed by atoms with E-state index in [9.17, 15) is 0 Å². The predicted molar refractivity (Wildman–Crippen MR) is 138 cm³/mol. The molecule has 4 heteroatoms. The van der Waals surface area contributed by atoms with E-state index in [0.29, 0.717) is 16.9 Å². The van der Waals surface area contributed by atoms with Gasteiger partial charge >= 0.3 is 0 Å². The molecule has 2 atom stereocenters. The second-order valence-corrected chi connectivity index (χ2v) is 9.84.